The topological polar surface area (TPSA) is 120 Å². The molecule has 0 saturated carbocycles. The largest absolute Gasteiger partial charge is 0.444 e. The molecule has 2 N–H and O–H groups in total. The van der Waals surface area contributed by atoms with Gasteiger partial charge in [0.05, 0.1) is 35.5 Å². The second-order valence-corrected chi connectivity index (χ2v) is 13.0. The highest BCUT2D eigenvalue weighted by Gasteiger charge is 2.30. The van der Waals surface area contributed by atoms with E-state index in [0.29, 0.717) is 46.1 Å². The molecule has 234 valence electrons. The third-order valence-electron chi connectivity index (χ3n) is 7.42. The number of alkyl carbamates (subject to hydrolysis) is 1. The highest BCUT2D eigenvalue weighted by molar-refractivity contribution is 5.99. The predicted molar refractivity (Wildman–Crippen MR) is 165 cm³/mol. The number of carbonyl (C=O) groups is 2. The molecule has 0 radical (unpaired) electrons. The molecule has 2 heterocycles. The van der Waals surface area contributed by atoms with Gasteiger partial charge in [-0.3, -0.25) is 9.48 Å². The van der Waals surface area contributed by atoms with E-state index in [1.807, 2.05) is 0 Å². The molecule has 0 spiro atoms. The lowest BCUT2D eigenvalue weighted by molar-refractivity contribution is 0.0501. The van der Waals surface area contributed by atoms with Crippen LogP contribution in [0.3, 0.4) is 0 Å². The summed E-state index contributed by atoms with van der Waals surface area (Å²) in [6.45, 7) is 9.43. The molecule has 4 aromatic rings. The summed E-state index contributed by atoms with van der Waals surface area (Å²) < 4.78 is 37.5. The van der Waals surface area contributed by atoms with Crippen molar-refractivity contribution >= 4 is 22.9 Å². The van der Waals surface area contributed by atoms with Crippen LogP contribution in [0.1, 0.15) is 57.0 Å². The summed E-state index contributed by atoms with van der Waals surface area (Å²) in [6.07, 6.45) is 1.57. The molecule has 1 aliphatic heterocycles. The van der Waals surface area contributed by atoms with E-state index >= 15 is 4.39 Å². The fraction of sp³-hybridized carbons (Fsp3) is 0.353. The van der Waals surface area contributed by atoms with Crippen molar-refractivity contribution in [3.63, 3.8) is 0 Å². The van der Waals surface area contributed by atoms with Crippen LogP contribution in [0.4, 0.5) is 13.6 Å². The maximum Gasteiger partial charge on any atom is 0.407 e. The Morgan fingerprint density at radius 1 is 1.04 bits per heavy atom. The minimum absolute atomic E-state index is 0.139. The number of aromatic nitrogens is 2. The smallest absolute Gasteiger partial charge is 0.407 e. The zero-order valence-electron chi connectivity index (χ0n) is 25.8. The first-order valence-electron chi connectivity index (χ1n) is 14.6. The number of ether oxygens (including phenoxy) is 1. The summed E-state index contributed by atoms with van der Waals surface area (Å²) in [5.74, 6) is -1.60. The number of benzene rings is 3. The van der Waals surface area contributed by atoms with Gasteiger partial charge >= 0.3 is 6.09 Å². The van der Waals surface area contributed by atoms with E-state index in [1.165, 1.54) is 22.9 Å². The van der Waals surface area contributed by atoms with Crippen molar-refractivity contribution < 1.29 is 28.2 Å². The van der Waals surface area contributed by atoms with Crippen molar-refractivity contribution in [1.82, 2.24) is 20.0 Å². The van der Waals surface area contributed by atoms with E-state index in [-0.39, 0.29) is 36.2 Å². The van der Waals surface area contributed by atoms with Crippen molar-refractivity contribution in [3.05, 3.63) is 77.5 Å². The van der Waals surface area contributed by atoms with Gasteiger partial charge in [-0.1, -0.05) is 12.1 Å². The fourth-order valence-corrected chi connectivity index (χ4v) is 5.44. The number of halogens is 2. The van der Waals surface area contributed by atoms with Gasteiger partial charge in [-0.15, -0.1) is 0 Å². The van der Waals surface area contributed by atoms with Gasteiger partial charge < -0.3 is 20.1 Å². The molecule has 1 aliphatic rings. The molecule has 11 heteroatoms. The maximum absolute atomic E-state index is 15.8. The van der Waals surface area contributed by atoms with Crippen LogP contribution in [0.15, 0.2) is 54.7 Å². The zero-order valence-corrected chi connectivity index (χ0v) is 25.8. The molecule has 5 rings (SSSR count). The standard InChI is InChI=1S/C34H35F2N5O4/c1-33(2,3)45-32(43)39-24-10-11-40(18-24)31(42)21-8-9-25(26(12-21)20-6-7-22(16-37)28(35)14-20)27-13-23-17-38-41(19-34(4,5)44)30(23)15-29(27)36/h6-9,12-15,17,24,44H,10-11,18-19H2,1-5H3,(H,39,43)/t24-/m0/s1. The molecule has 1 aromatic heterocycles. The molecule has 1 atom stereocenters. The summed E-state index contributed by atoms with van der Waals surface area (Å²) in [5, 5.41) is 27.3. The molecule has 0 unspecified atom stereocenters. The number of rotatable bonds is 6. The minimum Gasteiger partial charge on any atom is -0.444 e. The maximum atomic E-state index is 15.8. The molecule has 0 aliphatic carbocycles. The van der Waals surface area contributed by atoms with Crippen LogP contribution in [0.25, 0.3) is 33.2 Å². The van der Waals surface area contributed by atoms with Crippen molar-refractivity contribution in [2.24, 2.45) is 0 Å². The number of nitrogens with one attached hydrogen (secondary N) is 1. The summed E-state index contributed by atoms with van der Waals surface area (Å²) in [7, 11) is 0. The Morgan fingerprint density at radius 2 is 1.80 bits per heavy atom. The normalized spacial score (nSPS) is 15.3. The molecular weight excluding hydrogens is 580 g/mol. The second-order valence-electron chi connectivity index (χ2n) is 13.0. The number of hydrogen-bond donors (Lipinski definition) is 2. The number of carbonyl (C=O) groups excluding carboxylic acids is 2. The van der Waals surface area contributed by atoms with Gasteiger partial charge in [0, 0.05) is 35.7 Å². The Kier molecular flexibility index (Phi) is 8.38. The van der Waals surface area contributed by atoms with Crippen LogP contribution in [0.5, 0.6) is 0 Å². The number of nitriles is 1. The van der Waals surface area contributed by atoms with Crippen LogP contribution in [-0.2, 0) is 11.3 Å². The van der Waals surface area contributed by atoms with Gasteiger partial charge in [0.2, 0.25) is 0 Å². The highest BCUT2D eigenvalue weighted by Crippen LogP contribution is 2.37. The number of aliphatic hydroxyl groups is 1. The van der Waals surface area contributed by atoms with E-state index in [4.69, 9.17) is 4.74 Å². The van der Waals surface area contributed by atoms with Crippen molar-refractivity contribution in [1.29, 1.82) is 5.26 Å². The molecule has 9 nitrogen and oxygen atoms in total. The second kappa shape index (κ2) is 11.9. The Bertz CT molecular complexity index is 1830. The van der Waals surface area contributed by atoms with Gasteiger partial charge in [-0.05, 0) is 88.1 Å². The Balaban J connectivity index is 1.51. The number of hydrogen-bond acceptors (Lipinski definition) is 6. The Morgan fingerprint density at radius 3 is 2.47 bits per heavy atom. The number of nitrogens with zero attached hydrogens (tertiary/aromatic N) is 4. The van der Waals surface area contributed by atoms with Crippen molar-refractivity contribution in [3.8, 4) is 28.3 Å². The van der Waals surface area contributed by atoms with Crippen LogP contribution >= 0.6 is 0 Å². The number of amides is 2. The number of likely N-dealkylation sites (tertiary alicyclic amines) is 1. The lowest BCUT2D eigenvalue weighted by Crippen LogP contribution is -2.41. The molecular formula is C34H35F2N5O4. The Hall–Kier alpha value is -4.82. The van der Waals surface area contributed by atoms with Crippen molar-refractivity contribution in [2.75, 3.05) is 13.1 Å². The summed E-state index contributed by atoms with van der Waals surface area (Å²) in [5.41, 5.74) is 0.332. The minimum atomic E-state index is -1.07. The van der Waals surface area contributed by atoms with Crippen LogP contribution in [0, 0.1) is 23.0 Å². The van der Waals surface area contributed by atoms with E-state index < -0.39 is 28.9 Å². The molecule has 2 amide bonds. The fourth-order valence-electron chi connectivity index (χ4n) is 5.44. The van der Waals surface area contributed by atoms with E-state index in [2.05, 4.69) is 10.4 Å². The number of fused-ring (bicyclic) bond motifs is 1. The lowest BCUT2D eigenvalue weighted by atomic mass is 9.91. The third-order valence-corrected chi connectivity index (χ3v) is 7.42. The third kappa shape index (κ3) is 7.13. The van der Waals surface area contributed by atoms with E-state index in [1.54, 1.807) is 82.1 Å². The van der Waals surface area contributed by atoms with Gasteiger partial charge in [-0.25, -0.2) is 13.6 Å². The van der Waals surface area contributed by atoms with Crippen molar-refractivity contribution in [2.45, 2.75) is 64.8 Å². The van der Waals surface area contributed by atoms with Crippen LogP contribution in [0.2, 0.25) is 0 Å². The summed E-state index contributed by atoms with van der Waals surface area (Å²) in [6, 6.07) is 13.4. The quantitative estimate of drug-likeness (QED) is 0.273. The van der Waals surface area contributed by atoms with Crippen LogP contribution in [-0.4, -0.2) is 62.1 Å². The average Bonchev–Trinajstić information content (AvgIpc) is 3.56. The summed E-state index contributed by atoms with van der Waals surface area (Å²) in [4.78, 5) is 27.5. The first-order chi connectivity index (χ1) is 21.1. The first-order valence-corrected chi connectivity index (χ1v) is 14.6. The average molecular weight is 616 g/mol. The van der Waals surface area contributed by atoms with Gasteiger partial charge in [0.25, 0.3) is 5.91 Å². The van der Waals surface area contributed by atoms with E-state index in [9.17, 15) is 24.3 Å². The van der Waals surface area contributed by atoms with Gasteiger partial charge in [0.15, 0.2) is 0 Å². The van der Waals surface area contributed by atoms with Crippen LogP contribution < -0.4 is 5.32 Å². The van der Waals surface area contributed by atoms with Gasteiger partial charge in [0.1, 0.15) is 23.3 Å². The Labute approximate surface area is 260 Å². The molecule has 1 saturated heterocycles. The predicted octanol–water partition coefficient (Wildman–Crippen LogP) is 6.03. The first kappa shape index (κ1) is 31.6. The van der Waals surface area contributed by atoms with Gasteiger partial charge in [-0.2, -0.15) is 10.4 Å². The molecule has 3 aromatic carbocycles. The molecule has 0 bridgehead atoms. The molecule has 45 heavy (non-hydrogen) atoms. The van der Waals surface area contributed by atoms with E-state index in [0.717, 1.165) is 0 Å². The lowest BCUT2D eigenvalue weighted by Gasteiger charge is -2.22. The monoisotopic (exact) mass is 615 g/mol. The highest BCUT2D eigenvalue weighted by atomic mass is 19.1. The zero-order chi connectivity index (χ0) is 32.7. The SMILES string of the molecule is CC(C)(O)Cn1ncc2cc(-c3ccc(C(=O)N4CC[C@H](NC(=O)OC(C)(C)C)C4)cc3-c3ccc(C#N)c(F)c3)c(F)cc21. The summed E-state index contributed by atoms with van der Waals surface area (Å²) >= 11 is 0. The molecule has 1 fully saturated rings.